The highest BCUT2D eigenvalue weighted by Gasteiger charge is 2.07. The van der Waals surface area contributed by atoms with Crippen molar-refractivity contribution >= 4 is 17.7 Å². The number of esters is 1. The summed E-state index contributed by atoms with van der Waals surface area (Å²) in [6, 6.07) is 0. The van der Waals surface area contributed by atoms with Gasteiger partial charge in [-0.25, -0.2) is 4.68 Å². The molecule has 0 aliphatic heterocycles. The van der Waals surface area contributed by atoms with Gasteiger partial charge in [-0.3, -0.25) is 4.79 Å². The zero-order valence-corrected chi connectivity index (χ0v) is 12.7. The van der Waals surface area contributed by atoms with Crippen molar-refractivity contribution in [2.24, 2.45) is 0 Å². The molecule has 0 bridgehead atoms. The average Bonchev–Trinajstić information content (AvgIpc) is 2.90. The molecule has 0 amide bonds. The fourth-order valence-corrected chi connectivity index (χ4v) is 2.25. The van der Waals surface area contributed by atoms with Crippen molar-refractivity contribution in [2.75, 3.05) is 39.7 Å². The zero-order chi connectivity index (χ0) is 14.6. The number of methoxy groups -OCH3 is 2. The zero-order valence-electron chi connectivity index (χ0n) is 11.9. The Morgan fingerprint density at radius 2 is 2.25 bits per heavy atom. The van der Waals surface area contributed by atoms with Gasteiger partial charge in [0.25, 0.3) is 0 Å². The Hall–Kier alpha value is -1.19. The lowest BCUT2D eigenvalue weighted by atomic mass is 10.3. The van der Waals surface area contributed by atoms with Crippen LogP contribution < -0.4 is 5.32 Å². The van der Waals surface area contributed by atoms with Gasteiger partial charge in [-0.2, -0.15) is 0 Å². The maximum atomic E-state index is 11.0. The number of rotatable bonds is 11. The van der Waals surface area contributed by atoms with Crippen LogP contribution >= 0.6 is 11.8 Å². The molecule has 0 radical (unpaired) electrons. The molecule has 114 valence electrons. The van der Waals surface area contributed by atoms with E-state index in [-0.39, 0.29) is 5.97 Å². The Balaban J connectivity index is 2.19. The normalized spacial score (nSPS) is 10.7. The number of hydrogen-bond acceptors (Lipinski definition) is 8. The molecule has 1 rings (SSSR count). The molecule has 0 saturated carbocycles. The Labute approximate surface area is 122 Å². The molecule has 0 fully saturated rings. The fourth-order valence-electron chi connectivity index (χ4n) is 1.41. The van der Waals surface area contributed by atoms with Gasteiger partial charge in [-0.1, -0.05) is 11.8 Å². The number of tetrazole rings is 1. The highest BCUT2D eigenvalue weighted by molar-refractivity contribution is 7.99. The van der Waals surface area contributed by atoms with Crippen molar-refractivity contribution in [3.05, 3.63) is 0 Å². The molecule has 0 aliphatic carbocycles. The van der Waals surface area contributed by atoms with Crippen LogP contribution in [-0.4, -0.2) is 65.8 Å². The lowest BCUT2D eigenvalue weighted by molar-refractivity contribution is -0.140. The molecule has 0 aliphatic rings. The third-order valence-corrected chi connectivity index (χ3v) is 3.51. The summed E-state index contributed by atoms with van der Waals surface area (Å²) in [5.74, 6) is 0.597. The minimum absolute atomic E-state index is 0.187. The number of carbonyl (C=O) groups is 1. The van der Waals surface area contributed by atoms with E-state index in [4.69, 9.17) is 4.74 Å². The van der Waals surface area contributed by atoms with Gasteiger partial charge >= 0.3 is 5.97 Å². The fraction of sp³-hybridized carbons (Fsp3) is 0.818. The number of thioether (sulfide) groups is 1. The topological polar surface area (TPSA) is 91.2 Å². The van der Waals surface area contributed by atoms with Gasteiger partial charge in [0, 0.05) is 32.4 Å². The van der Waals surface area contributed by atoms with E-state index >= 15 is 0 Å². The first-order valence-corrected chi connectivity index (χ1v) is 7.42. The van der Waals surface area contributed by atoms with E-state index in [1.54, 1.807) is 23.6 Å². The summed E-state index contributed by atoms with van der Waals surface area (Å²) in [7, 11) is 3.07. The summed E-state index contributed by atoms with van der Waals surface area (Å²) in [4.78, 5) is 11.0. The van der Waals surface area contributed by atoms with E-state index < -0.39 is 0 Å². The third-order valence-electron chi connectivity index (χ3n) is 2.47. The molecule has 0 aromatic carbocycles. The standard InChI is InChI=1S/C11H21N5O3S/c1-18-8-6-12-5-7-16-11(13-14-15-16)20-9-3-4-10(17)19-2/h12H,3-9H2,1-2H3. The summed E-state index contributed by atoms with van der Waals surface area (Å²) in [5, 5.41) is 15.6. The first-order valence-electron chi connectivity index (χ1n) is 6.43. The van der Waals surface area contributed by atoms with Crippen molar-refractivity contribution in [1.29, 1.82) is 0 Å². The number of hydrogen-bond donors (Lipinski definition) is 1. The van der Waals surface area contributed by atoms with Crippen LogP contribution in [0.1, 0.15) is 12.8 Å². The molecular formula is C11H21N5O3S. The summed E-state index contributed by atoms with van der Waals surface area (Å²) in [6.07, 6.45) is 1.17. The van der Waals surface area contributed by atoms with E-state index in [1.165, 1.54) is 7.11 Å². The predicted molar refractivity (Wildman–Crippen MR) is 74.5 cm³/mol. The van der Waals surface area contributed by atoms with Crippen molar-refractivity contribution in [3.63, 3.8) is 0 Å². The summed E-state index contributed by atoms with van der Waals surface area (Å²) >= 11 is 1.54. The first-order chi connectivity index (χ1) is 9.77. The van der Waals surface area contributed by atoms with Crippen LogP contribution in [0.4, 0.5) is 0 Å². The smallest absolute Gasteiger partial charge is 0.305 e. The predicted octanol–water partition coefficient (Wildman–Crippen LogP) is -0.0456. The number of ether oxygens (including phenoxy) is 2. The largest absolute Gasteiger partial charge is 0.469 e. The molecule has 0 spiro atoms. The molecule has 1 aromatic heterocycles. The van der Waals surface area contributed by atoms with Crippen molar-refractivity contribution in [3.8, 4) is 0 Å². The second kappa shape index (κ2) is 10.6. The molecule has 8 nitrogen and oxygen atoms in total. The molecule has 20 heavy (non-hydrogen) atoms. The lowest BCUT2D eigenvalue weighted by Crippen LogP contribution is -2.24. The second-order valence-corrected chi connectivity index (χ2v) is 5.02. The third kappa shape index (κ3) is 6.83. The number of aromatic nitrogens is 4. The maximum Gasteiger partial charge on any atom is 0.305 e. The molecule has 1 aromatic rings. The van der Waals surface area contributed by atoms with Crippen LogP contribution in [0.25, 0.3) is 0 Å². The molecule has 0 saturated heterocycles. The van der Waals surface area contributed by atoms with Crippen LogP contribution in [-0.2, 0) is 20.8 Å². The number of nitrogens with zero attached hydrogens (tertiary/aromatic N) is 4. The van der Waals surface area contributed by atoms with Crippen LogP contribution in [0.15, 0.2) is 5.16 Å². The monoisotopic (exact) mass is 303 g/mol. The molecule has 0 unspecified atom stereocenters. The first kappa shape index (κ1) is 16.9. The second-order valence-electron chi connectivity index (χ2n) is 3.96. The van der Waals surface area contributed by atoms with Crippen LogP contribution in [0, 0.1) is 0 Å². The maximum absolute atomic E-state index is 11.0. The van der Waals surface area contributed by atoms with Crippen molar-refractivity contribution in [2.45, 2.75) is 24.5 Å². The van der Waals surface area contributed by atoms with Crippen LogP contribution in [0.3, 0.4) is 0 Å². The van der Waals surface area contributed by atoms with E-state index in [1.807, 2.05) is 0 Å². The van der Waals surface area contributed by atoms with Gasteiger partial charge < -0.3 is 14.8 Å². The van der Waals surface area contributed by atoms with Crippen LogP contribution in [0.2, 0.25) is 0 Å². The Morgan fingerprint density at radius 3 is 3.00 bits per heavy atom. The van der Waals surface area contributed by atoms with Gasteiger partial charge in [0.2, 0.25) is 5.16 Å². The van der Waals surface area contributed by atoms with E-state index in [2.05, 4.69) is 25.6 Å². The molecule has 1 N–H and O–H groups in total. The van der Waals surface area contributed by atoms with E-state index in [0.29, 0.717) is 19.6 Å². The van der Waals surface area contributed by atoms with Crippen LogP contribution in [0.5, 0.6) is 0 Å². The minimum Gasteiger partial charge on any atom is -0.469 e. The van der Waals surface area contributed by atoms with Gasteiger partial charge in [0.15, 0.2) is 0 Å². The van der Waals surface area contributed by atoms with E-state index in [9.17, 15) is 4.79 Å². The highest BCUT2D eigenvalue weighted by atomic mass is 32.2. The van der Waals surface area contributed by atoms with Gasteiger partial charge in [-0.05, 0) is 16.8 Å². The average molecular weight is 303 g/mol. The summed E-state index contributed by atoms with van der Waals surface area (Å²) in [5.41, 5.74) is 0. The molecular weight excluding hydrogens is 282 g/mol. The number of carbonyl (C=O) groups excluding carboxylic acids is 1. The number of nitrogens with one attached hydrogen (secondary N) is 1. The minimum atomic E-state index is -0.187. The summed E-state index contributed by atoms with van der Waals surface area (Å²) in [6.45, 7) is 2.98. The van der Waals surface area contributed by atoms with Crippen molar-refractivity contribution < 1.29 is 14.3 Å². The summed E-state index contributed by atoms with van der Waals surface area (Å²) < 4.78 is 11.3. The van der Waals surface area contributed by atoms with Gasteiger partial charge in [0.1, 0.15) is 0 Å². The Kier molecular flexibility index (Phi) is 8.92. The molecule has 0 atom stereocenters. The lowest BCUT2D eigenvalue weighted by Gasteiger charge is -2.05. The van der Waals surface area contributed by atoms with Crippen molar-refractivity contribution in [1.82, 2.24) is 25.5 Å². The SMILES string of the molecule is COCCNCCn1nnnc1SCCCC(=O)OC. The molecule has 9 heteroatoms. The van der Waals surface area contributed by atoms with Gasteiger partial charge in [0.05, 0.1) is 20.3 Å². The Morgan fingerprint density at radius 1 is 1.40 bits per heavy atom. The van der Waals surface area contributed by atoms with Gasteiger partial charge in [-0.15, -0.1) is 5.10 Å². The van der Waals surface area contributed by atoms with E-state index in [0.717, 1.165) is 30.4 Å². The quantitative estimate of drug-likeness (QED) is 0.346. The highest BCUT2D eigenvalue weighted by Crippen LogP contribution is 2.15. The molecule has 1 heterocycles. The Bertz CT molecular complexity index is 388.